The Hall–Kier alpha value is -3.53. The number of aliphatic hydroxyl groups is 2. The van der Waals surface area contributed by atoms with E-state index in [1.165, 1.54) is 12.1 Å². The van der Waals surface area contributed by atoms with Crippen LogP contribution in [0.5, 0.6) is 5.75 Å². The molecular weight excluding hydrogens is 696 g/mol. The molecule has 4 saturated heterocycles. The number of hydrogen-bond donors (Lipinski definition) is 3. The van der Waals surface area contributed by atoms with Gasteiger partial charge in [0.05, 0.1) is 59.2 Å². The van der Waals surface area contributed by atoms with Crippen molar-refractivity contribution in [3.05, 3.63) is 73.1 Å². The molecule has 8 rings (SSSR count). The highest BCUT2D eigenvalue weighted by Crippen LogP contribution is 2.54. The van der Waals surface area contributed by atoms with Crippen molar-refractivity contribution in [3.8, 4) is 5.75 Å². The van der Waals surface area contributed by atoms with E-state index in [1.54, 1.807) is 33.8 Å². The monoisotopic (exact) mass is 746 g/mol. The van der Waals surface area contributed by atoms with E-state index < -0.39 is 65.1 Å². The number of aryl methyl sites for hydroxylation is 1. The van der Waals surface area contributed by atoms with Gasteiger partial charge in [-0.1, -0.05) is 0 Å². The largest absolute Gasteiger partial charge is 0.507 e. The Balaban J connectivity index is 1.34. The summed E-state index contributed by atoms with van der Waals surface area (Å²) in [7, 11) is 7.45. The molecule has 1 aliphatic carbocycles. The molecule has 54 heavy (non-hydrogen) atoms. The molecule has 3 aromatic rings. The zero-order chi connectivity index (χ0) is 39.1. The van der Waals surface area contributed by atoms with Gasteiger partial charge in [0.1, 0.15) is 29.3 Å². The standard InChI is InChI=1S/C41H50N2O11/c1-16-11-22-30(37-28(16)24(44)14-27(53-37)41(6)39(54-41)36-18(3)52-36)35(48)31-29(34(22)47)20(25-13-23(42(7)8)32(45)17(2)50-25)12-21(33(31)46)26-15-40(5,43(9)10)38(49)19(4)51-26/h11-12,14,17-19,23,25-26,32,36,38-39,45-46,49H,13,15H2,1-10H3/t17-,18-,19+,23+,25+,26+,32-,36-,38-,39-,40+,41+/m1/s1. The molecule has 3 N–H and O–H groups in total. The minimum atomic E-state index is -0.970. The smallest absolute Gasteiger partial charge is 0.202 e. The van der Waals surface area contributed by atoms with Crippen LogP contribution in [0.4, 0.5) is 0 Å². The highest BCUT2D eigenvalue weighted by molar-refractivity contribution is 6.33. The van der Waals surface area contributed by atoms with E-state index in [-0.39, 0.29) is 87.2 Å². The normalized spacial score (nSPS) is 37.5. The fourth-order valence-electron chi connectivity index (χ4n) is 9.24. The summed E-state index contributed by atoms with van der Waals surface area (Å²) in [5.41, 5.74) is -1.39. The summed E-state index contributed by atoms with van der Waals surface area (Å²) < 4.78 is 30.9. The van der Waals surface area contributed by atoms with Gasteiger partial charge in [0.15, 0.2) is 16.8 Å². The second kappa shape index (κ2) is 12.5. The molecule has 13 heteroatoms. The molecule has 2 aromatic carbocycles. The van der Waals surface area contributed by atoms with Crippen LogP contribution in [-0.4, -0.2) is 119 Å². The number of ketones is 2. The predicted molar refractivity (Wildman–Crippen MR) is 196 cm³/mol. The van der Waals surface area contributed by atoms with Crippen LogP contribution in [0.2, 0.25) is 0 Å². The first-order chi connectivity index (χ1) is 25.3. The molecule has 1 aromatic heterocycles. The van der Waals surface area contributed by atoms with Crippen molar-refractivity contribution in [2.24, 2.45) is 0 Å². The summed E-state index contributed by atoms with van der Waals surface area (Å²) >= 11 is 0. The highest BCUT2D eigenvalue weighted by Gasteiger charge is 2.66. The predicted octanol–water partition coefficient (Wildman–Crippen LogP) is 3.66. The number of hydrogen-bond acceptors (Lipinski definition) is 13. The zero-order valence-corrected chi connectivity index (χ0v) is 32.4. The van der Waals surface area contributed by atoms with Gasteiger partial charge < -0.3 is 48.5 Å². The lowest BCUT2D eigenvalue weighted by Crippen LogP contribution is -2.59. The maximum atomic E-state index is 15.1. The zero-order valence-electron chi connectivity index (χ0n) is 32.4. The molecule has 0 amide bonds. The first kappa shape index (κ1) is 37.4. The SMILES string of the molecule is Cc1cc2c(c3oc([C@]4(C)O[C@@H]4[C@@H]4O[C@@H]4C)cc(=O)c13)C(=O)c1c(O)c([C@@H]3C[C@](C)(N(C)C)[C@H](O)[C@H](C)O3)cc([C@@H]3C[C@H](N(C)C)[C@H](O)[C@@H](C)O3)c1C2=O. The summed E-state index contributed by atoms with van der Waals surface area (Å²) in [6, 6.07) is 4.26. The number of likely N-dealkylation sites (N-methyl/N-ethyl adjacent to an activating group) is 2. The number of aliphatic hydroxyl groups excluding tert-OH is 2. The summed E-state index contributed by atoms with van der Waals surface area (Å²) in [4.78, 5) is 47.7. The van der Waals surface area contributed by atoms with Gasteiger partial charge in [-0.25, -0.2) is 0 Å². The first-order valence-corrected chi connectivity index (χ1v) is 18.7. The Labute approximate surface area is 313 Å². The van der Waals surface area contributed by atoms with Gasteiger partial charge in [-0.2, -0.15) is 0 Å². The number of carbonyl (C=O) groups is 2. The number of phenolic OH excluding ortho intramolecular Hbond substituents is 1. The Kier molecular flexibility index (Phi) is 8.65. The van der Waals surface area contributed by atoms with Crippen LogP contribution >= 0.6 is 0 Å². The van der Waals surface area contributed by atoms with Crippen molar-refractivity contribution in [3.63, 3.8) is 0 Å². The topological polar surface area (TPSA) is 175 Å². The van der Waals surface area contributed by atoms with Gasteiger partial charge >= 0.3 is 0 Å². The molecule has 0 spiro atoms. The van der Waals surface area contributed by atoms with E-state index in [2.05, 4.69) is 0 Å². The lowest BCUT2D eigenvalue weighted by atomic mass is 9.74. The number of phenols is 1. The van der Waals surface area contributed by atoms with Gasteiger partial charge in [0.2, 0.25) is 5.78 Å². The van der Waals surface area contributed by atoms with E-state index >= 15 is 4.79 Å². The van der Waals surface area contributed by atoms with E-state index in [0.717, 1.165) is 0 Å². The van der Waals surface area contributed by atoms with Crippen LogP contribution < -0.4 is 5.43 Å². The molecule has 0 unspecified atom stereocenters. The van der Waals surface area contributed by atoms with Crippen LogP contribution in [-0.2, 0) is 24.5 Å². The Morgan fingerprint density at radius 3 is 2.11 bits per heavy atom. The van der Waals surface area contributed by atoms with Gasteiger partial charge in [0, 0.05) is 34.3 Å². The van der Waals surface area contributed by atoms with Crippen LogP contribution in [0.3, 0.4) is 0 Å². The second-order valence-electron chi connectivity index (χ2n) is 16.9. The van der Waals surface area contributed by atoms with Crippen molar-refractivity contribution in [2.75, 3.05) is 28.2 Å². The van der Waals surface area contributed by atoms with E-state index in [9.17, 15) is 24.9 Å². The van der Waals surface area contributed by atoms with Crippen LogP contribution in [0.1, 0.15) is 114 Å². The third-order valence-electron chi connectivity index (χ3n) is 13.0. The van der Waals surface area contributed by atoms with Gasteiger partial charge in [-0.15, -0.1) is 0 Å². The van der Waals surface area contributed by atoms with E-state index in [1.807, 2.05) is 51.8 Å². The molecule has 0 saturated carbocycles. The molecule has 12 atom stereocenters. The minimum absolute atomic E-state index is 0.00321. The van der Waals surface area contributed by atoms with Crippen molar-refractivity contribution < 1.29 is 48.3 Å². The molecule has 4 fully saturated rings. The fraction of sp³-hybridized carbons (Fsp3) is 0.585. The number of benzene rings is 2. The third-order valence-corrected chi connectivity index (χ3v) is 13.0. The molecule has 5 heterocycles. The van der Waals surface area contributed by atoms with Crippen molar-refractivity contribution in [1.29, 1.82) is 0 Å². The number of ether oxygens (including phenoxy) is 4. The van der Waals surface area contributed by atoms with Crippen LogP contribution in [0.15, 0.2) is 27.4 Å². The summed E-state index contributed by atoms with van der Waals surface area (Å²) in [6.45, 7) is 10.9. The number of rotatable bonds is 6. The van der Waals surface area contributed by atoms with Gasteiger partial charge in [-0.3, -0.25) is 14.4 Å². The average Bonchev–Trinajstić information content (AvgIpc) is 4.01. The molecule has 5 aliphatic rings. The fourth-order valence-corrected chi connectivity index (χ4v) is 9.24. The lowest BCUT2D eigenvalue weighted by molar-refractivity contribution is -0.176. The summed E-state index contributed by atoms with van der Waals surface area (Å²) in [5, 5.41) is 34.7. The minimum Gasteiger partial charge on any atom is -0.507 e. The van der Waals surface area contributed by atoms with E-state index in [0.29, 0.717) is 11.1 Å². The number of aromatic hydroxyl groups is 1. The molecule has 0 bridgehead atoms. The molecule has 0 radical (unpaired) electrons. The summed E-state index contributed by atoms with van der Waals surface area (Å²) in [5.74, 6) is -1.42. The third kappa shape index (κ3) is 5.38. The first-order valence-electron chi connectivity index (χ1n) is 18.7. The highest BCUT2D eigenvalue weighted by atomic mass is 16.7. The molecule has 290 valence electrons. The maximum absolute atomic E-state index is 15.1. The Morgan fingerprint density at radius 2 is 1.48 bits per heavy atom. The van der Waals surface area contributed by atoms with Gasteiger partial charge in [-0.05, 0) is 106 Å². The van der Waals surface area contributed by atoms with E-state index in [4.69, 9.17) is 23.4 Å². The lowest BCUT2D eigenvalue weighted by Gasteiger charge is -2.49. The van der Waals surface area contributed by atoms with Crippen molar-refractivity contribution in [1.82, 2.24) is 9.80 Å². The number of carbonyl (C=O) groups excluding carboxylic acids is 2. The number of epoxide rings is 2. The van der Waals surface area contributed by atoms with Crippen molar-refractivity contribution >= 4 is 22.5 Å². The molecule has 13 nitrogen and oxygen atoms in total. The Bertz CT molecular complexity index is 2160. The molecule has 4 aliphatic heterocycles. The second-order valence-corrected chi connectivity index (χ2v) is 16.9. The van der Waals surface area contributed by atoms with Gasteiger partial charge in [0.25, 0.3) is 0 Å². The maximum Gasteiger partial charge on any atom is 0.202 e. The average molecular weight is 747 g/mol. The number of nitrogens with zero attached hydrogens (tertiary/aromatic N) is 2. The van der Waals surface area contributed by atoms with Crippen LogP contribution in [0.25, 0.3) is 11.0 Å². The molecular formula is C41H50N2O11. The van der Waals surface area contributed by atoms with Crippen LogP contribution in [0, 0.1) is 6.92 Å². The Morgan fingerprint density at radius 1 is 0.815 bits per heavy atom. The number of fused-ring (bicyclic) bond motifs is 4. The van der Waals surface area contributed by atoms with Crippen molar-refractivity contribution in [2.45, 2.75) is 127 Å². The summed E-state index contributed by atoms with van der Waals surface area (Å²) in [6.07, 6.45) is -4.44. The quantitative estimate of drug-likeness (QED) is 0.244.